The predicted octanol–water partition coefficient (Wildman–Crippen LogP) is 0.929. The number of carbonyl (C=O) groups is 2. The summed E-state index contributed by atoms with van der Waals surface area (Å²) >= 11 is 0. The van der Waals surface area contributed by atoms with Gasteiger partial charge < -0.3 is 15.0 Å². The second-order valence-corrected chi connectivity index (χ2v) is 8.73. The Morgan fingerprint density at radius 1 is 1.14 bits per heavy atom. The SMILES string of the molecule is CC(=O)N[C@H]1CC[C@@H](C(=O)N2CCn3nc(C)cc3C2)CN(C2CCOCC2)C1. The molecule has 1 N–H and O–H groups in total. The minimum atomic E-state index is -0.0211. The first-order valence-electron chi connectivity index (χ1n) is 10.9. The summed E-state index contributed by atoms with van der Waals surface area (Å²) in [5.74, 6) is 0.231. The van der Waals surface area contributed by atoms with Gasteiger partial charge in [0.2, 0.25) is 11.8 Å². The van der Waals surface area contributed by atoms with Crippen LogP contribution in [-0.4, -0.2) is 76.3 Å². The summed E-state index contributed by atoms with van der Waals surface area (Å²) in [6.07, 6.45) is 3.66. The first-order valence-corrected chi connectivity index (χ1v) is 10.9. The summed E-state index contributed by atoms with van der Waals surface area (Å²) < 4.78 is 7.56. The molecule has 2 amide bonds. The van der Waals surface area contributed by atoms with Gasteiger partial charge in [-0.25, -0.2) is 0 Å². The van der Waals surface area contributed by atoms with Gasteiger partial charge in [-0.1, -0.05) is 0 Å². The van der Waals surface area contributed by atoms with E-state index in [1.54, 1.807) is 6.92 Å². The molecule has 0 radical (unpaired) electrons. The van der Waals surface area contributed by atoms with Gasteiger partial charge in [0, 0.05) is 51.9 Å². The number of amides is 2. The molecule has 3 aliphatic heterocycles. The second-order valence-electron chi connectivity index (χ2n) is 8.73. The average molecular weight is 404 g/mol. The van der Waals surface area contributed by atoms with Gasteiger partial charge in [-0.05, 0) is 38.7 Å². The molecule has 29 heavy (non-hydrogen) atoms. The van der Waals surface area contributed by atoms with Crippen molar-refractivity contribution in [3.8, 4) is 0 Å². The summed E-state index contributed by atoms with van der Waals surface area (Å²) in [6, 6.07) is 2.62. The lowest BCUT2D eigenvalue weighted by Gasteiger charge is -2.37. The smallest absolute Gasteiger partial charge is 0.227 e. The molecule has 2 atom stereocenters. The maximum Gasteiger partial charge on any atom is 0.227 e. The van der Waals surface area contributed by atoms with Crippen molar-refractivity contribution in [1.82, 2.24) is 24.9 Å². The van der Waals surface area contributed by atoms with Gasteiger partial charge in [0.15, 0.2) is 0 Å². The number of aryl methyl sites for hydroxylation is 1. The molecule has 8 heteroatoms. The number of ether oxygens (including phenoxy) is 1. The van der Waals surface area contributed by atoms with Gasteiger partial charge in [0.05, 0.1) is 30.4 Å². The van der Waals surface area contributed by atoms with Crippen molar-refractivity contribution in [3.63, 3.8) is 0 Å². The monoisotopic (exact) mass is 403 g/mol. The number of aromatic nitrogens is 2. The Labute approximate surface area is 172 Å². The molecule has 3 aliphatic rings. The molecule has 2 saturated heterocycles. The van der Waals surface area contributed by atoms with Crippen LogP contribution in [0.2, 0.25) is 0 Å². The third-order valence-corrected chi connectivity index (χ3v) is 6.47. The van der Waals surface area contributed by atoms with Crippen molar-refractivity contribution < 1.29 is 14.3 Å². The maximum absolute atomic E-state index is 13.4. The molecule has 160 valence electrons. The van der Waals surface area contributed by atoms with Crippen LogP contribution in [0.5, 0.6) is 0 Å². The van der Waals surface area contributed by atoms with Crippen LogP contribution in [0.1, 0.15) is 44.0 Å². The van der Waals surface area contributed by atoms with Crippen molar-refractivity contribution >= 4 is 11.8 Å². The zero-order chi connectivity index (χ0) is 20.4. The zero-order valence-electron chi connectivity index (χ0n) is 17.6. The van der Waals surface area contributed by atoms with Crippen LogP contribution in [0.25, 0.3) is 0 Å². The number of likely N-dealkylation sites (tertiary alicyclic amines) is 1. The predicted molar refractivity (Wildman–Crippen MR) is 108 cm³/mol. The summed E-state index contributed by atoms with van der Waals surface area (Å²) in [6.45, 7) is 8.84. The second kappa shape index (κ2) is 8.83. The van der Waals surface area contributed by atoms with Crippen molar-refractivity contribution in [2.24, 2.45) is 5.92 Å². The van der Waals surface area contributed by atoms with E-state index < -0.39 is 0 Å². The molecule has 0 saturated carbocycles. The number of fused-ring (bicyclic) bond motifs is 1. The summed E-state index contributed by atoms with van der Waals surface area (Å²) in [7, 11) is 0. The van der Waals surface area contributed by atoms with Crippen molar-refractivity contribution in [2.45, 2.75) is 64.7 Å². The van der Waals surface area contributed by atoms with E-state index in [0.29, 0.717) is 12.6 Å². The molecule has 4 rings (SSSR count). The molecule has 1 aromatic rings. The number of nitrogens with zero attached hydrogens (tertiary/aromatic N) is 4. The lowest BCUT2D eigenvalue weighted by Crippen LogP contribution is -2.49. The molecule has 4 heterocycles. The Morgan fingerprint density at radius 2 is 1.93 bits per heavy atom. The highest BCUT2D eigenvalue weighted by atomic mass is 16.5. The lowest BCUT2D eigenvalue weighted by molar-refractivity contribution is -0.138. The van der Waals surface area contributed by atoms with E-state index in [2.05, 4.69) is 21.4 Å². The fourth-order valence-electron chi connectivity index (χ4n) is 5.04. The molecule has 2 fully saturated rings. The van der Waals surface area contributed by atoms with E-state index in [9.17, 15) is 9.59 Å². The highest BCUT2D eigenvalue weighted by Crippen LogP contribution is 2.26. The third-order valence-electron chi connectivity index (χ3n) is 6.47. The van der Waals surface area contributed by atoms with Crippen molar-refractivity contribution in [3.05, 3.63) is 17.5 Å². The Balaban J connectivity index is 1.46. The Hall–Kier alpha value is -1.93. The molecular weight excluding hydrogens is 370 g/mol. The number of carbonyl (C=O) groups excluding carboxylic acids is 2. The van der Waals surface area contributed by atoms with E-state index in [0.717, 1.165) is 76.5 Å². The molecule has 0 unspecified atom stereocenters. The molecule has 0 aliphatic carbocycles. The molecule has 0 spiro atoms. The van der Waals surface area contributed by atoms with Gasteiger partial charge in [0.25, 0.3) is 0 Å². The number of hydrogen-bond donors (Lipinski definition) is 1. The van der Waals surface area contributed by atoms with Crippen LogP contribution in [0.15, 0.2) is 6.07 Å². The zero-order valence-corrected chi connectivity index (χ0v) is 17.6. The van der Waals surface area contributed by atoms with Crippen LogP contribution < -0.4 is 5.32 Å². The number of nitrogens with one attached hydrogen (secondary N) is 1. The maximum atomic E-state index is 13.4. The van der Waals surface area contributed by atoms with Crippen molar-refractivity contribution in [2.75, 3.05) is 32.8 Å². The van der Waals surface area contributed by atoms with Crippen molar-refractivity contribution in [1.29, 1.82) is 0 Å². The van der Waals surface area contributed by atoms with Gasteiger partial charge in [-0.3, -0.25) is 19.2 Å². The van der Waals surface area contributed by atoms with Gasteiger partial charge in [0.1, 0.15) is 0 Å². The first kappa shape index (κ1) is 20.3. The van der Waals surface area contributed by atoms with E-state index in [4.69, 9.17) is 4.74 Å². The fraction of sp³-hybridized carbons (Fsp3) is 0.762. The van der Waals surface area contributed by atoms with Crippen LogP contribution in [0, 0.1) is 12.8 Å². The third kappa shape index (κ3) is 4.80. The molecule has 8 nitrogen and oxygen atoms in total. The van der Waals surface area contributed by atoms with Gasteiger partial charge in [-0.2, -0.15) is 5.10 Å². The first-order chi connectivity index (χ1) is 14.0. The lowest BCUT2D eigenvalue weighted by atomic mass is 9.99. The minimum Gasteiger partial charge on any atom is -0.381 e. The van der Waals surface area contributed by atoms with E-state index in [-0.39, 0.29) is 23.8 Å². The highest BCUT2D eigenvalue weighted by molar-refractivity contribution is 5.79. The van der Waals surface area contributed by atoms with Crippen LogP contribution in [0.3, 0.4) is 0 Å². The quantitative estimate of drug-likeness (QED) is 0.812. The van der Waals surface area contributed by atoms with E-state index >= 15 is 0 Å². The number of rotatable bonds is 3. The van der Waals surface area contributed by atoms with Gasteiger partial charge in [-0.15, -0.1) is 0 Å². The molecular formula is C21H33N5O3. The van der Waals surface area contributed by atoms with E-state index in [1.807, 2.05) is 16.5 Å². The Kier molecular flexibility index (Phi) is 6.20. The van der Waals surface area contributed by atoms with Crippen LogP contribution in [-0.2, 0) is 27.4 Å². The van der Waals surface area contributed by atoms with Gasteiger partial charge >= 0.3 is 0 Å². The topological polar surface area (TPSA) is 79.7 Å². The normalized spacial score (nSPS) is 26.6. The standard InChI is InChI=1S/C21H33N5O3/c1-15-11-20-14-24(7-8-26(20)23-15)21(28)17-3-4-18(22-16(2)27)13-25(12-17)19-5-9-29-10-6-19/h11,17-19H,3-10,12-14H2,1-2H3,(H,22,27)/t17-,18+/m1/s1. The Bertz CT molecular complexity index is 743. The summed E-state index contributed by atoms with van der Waals surface area (Å²) in [5, 5.41) is 7.60. The Morgan fingerprint density at radius 3 is 2.69 bits per heavy atom. The van der Waals surface area contributed by atoms with Crippen LogP contribution in [0.4, 0.5) is 0 Å². The van der Waals surface area contributed by atoms with Crippen LogP contribution >= 0.6 is 0 Å². The molecule has 0 aromatic carbocycles. The fourth-order valence-corrected chi connectivity index (χ4v) is 5.04. The highest BCUT2D eigenvalue weighted by Gasteiger charge is 2.35. The average Bonchev–Trinajstić information content (AvgIpc) is 2.95. The summed E-state index contributed by atoms with van der Waals surface area (Å²) in [5.41, 5.74) is 2.13. The largest absolute Gasteiger partial charge is 0.381 e. The molecule has 1 aromatic heterocycles. The minimum absolute atomic E-state index is 0.00589. The van der Waals surface area contributed by atoms with E-state index in [1.165, 1.54) is 0 Å². The molecule has 0 bridgehead atoms. The number of hydrogen-bond acceptors (Lipinski definition) is 5. The summed E-state index contributed by atoms with van der Waals surface area (Å²) in [4.78, 5) is 29.5.